The van der Waals surface area contributed by atoms with Crippen molar-refractivity contribution >= 4 is 11.3 Å². The van der Waals surface area contributed by atoms with Gasteiger partial charge in [0.25, 0.3) is 5.56 Å². The summed E-state index contributed by atoms with van der Waals surface area (Å²) in [5, 5.41) is 1.98. The number of aryl methyl sites for hydroxylation is 2. The Balaban J connectivity index is 2.06. The zero-order valence-corrected chi connectivity index (χ0v) is 10.2. The molecule has 0 saturated heterocycles. The lowest BCUT2D eigenvalue weighted by Gasteiger charge is -2.10. The highest BCUT2D eigenvalue weighted by Gasteiger charge is 2.19. The van der Waals surface area contributed by atoms with E-state index in [1.165, 1.54) is 5.56 Å². The molecule has 0 radical (unpaired) electrons. The van der Waals surface area contributed by atoms with E-state index in [0.717, 1.165) is 29.8 Å². The number of H-pyrrole nitrogens is 1. The van der Waals surface area contributed by atoms with Crippen LogP contribution in [0.1, 0.15) is 34.2 Å². The molecule has 17 heavy (non-hydrogen) atoms. The second kappa shape index (κ2) is 4.13. The summed E-state index contributed by atoms with van der Waals surface area (Å²) in [6.07, 6.45) is 3.17. The first kappa shape index (κ1) is 10.7. The van der Waals surface area contributed by atoms with Gasteiger partial charge in [0.05, 0.1) is 6.04 Å². The Morgan fingerprint density at radius 1 is 1.41 bits per heavy atom. The molecule has 2 heterocycles. The molecule has 2 aromatic heterocycles. The Bertz CT molecular complexity index is 586. The highest BCUT2D eigenvalue weighted by Crippen LogP contribution is 2.25. The van der Waals surface area contributed by atoms with Gasteiger partial charge in [0.2, 0.25) is 0 Å². The zero-order chi connectivity index (χ0) is 11.8. The van der Waals surface area contributed by atoms with Crippen molar-refractivity contribution in [3.05, 3.63) is 55.6 Å². The third-order valence-corrected chi connectivity index (χ3v) is 4.26. The predicted octanol–water partition coefficient (Wildman–Crippen LogP) is 1.97. The SMILES string of the molecule is NC(c1cccs1)c1cc2c([nH]c1=O)CCC2. The molecule has 0 bridgehead atoms. The summed E-state index contributed by atoms with van der Waals surface area (Å²) in [7, 11) is 0. The Hall–Kier alpha value is -1.39. The van der Waals surface area contributed by atoms with E-state index in [9.17, 15) is 4.79 Å². The van der Waals surface area contributed by atoms with Crippen LogP contribution in [0, 0.1) is 0 Å². The zero-order valence-electron chi connectivity index (χ0n) is 9.40. The van der Waals surface area contributed by atoms with Gasteiger partial charge in [-0.25, -0.2) is 0 Å². The van der Waals surface area contributed by atoms with Crippen molar-refractivity contribution in [2.24, 2.45) is 5.73 Å². The number of nitrogens with one attached hydrogen (secondary N) is 1. The highest BCUT2D eigenvalue weighted by atomic mass is 32.1. The molecule has 3 rings (SSSR count). The number of fused-ring (bicyclic) bond motifs is 1. The number of hydrogen-bond donors (Lipinski definition) is 2. The van der Waals surface area contributed by atoms with E-state index < -0.39 is 0 Å². The summed E-state index contributed by atoms with van der Waals surface area (Å²) in [6.45, 7) is 0. The van der Waals surface area contributed by atoms with E-state index in [-0.39, 0.29) is 11.6 Å². The van der Waals surface area contributed by atoms with Crippen LogP contribution in [-0.2, 0) is 12.8 Å². The van der Waals surface area contributed by atoms with Gasteiger partial charge in [-0.05, 0) is 42.3 Å². The van der Waals surface area contributed by atoms with Crippen molar-refractivity contribution in [1.82, 2.24) is 4.98 Å². The van der Waals surface area contributed by atoms with Crippen molar-refractivity contribution in [1.29, 1.82) is 0 Å². The lowest BCUT2D eigenvalue weighted by atomic mass is 10.0. The number of nitrogens with two attached hydrogens (primary N) is 1. The average molecular weight is 246 g/mol. The van der Waals surface area contributed by atoms with Crippen molar-refractivity contribution in [3.8, 4) is 0 Å². The summed E-state index contributed by atoms with van der Waals surface area (Å²) in [4.78, 5) is 16.0. The Morgan fingerprint density at radius 3 is 3.06 bits per heavy atom. The topological polar surface area (TPSA) is 58.9 Å². The number of aromatic nitrogens is 1. The summed E-state index contributed by atoms with van der Waals surface area (Å²) in [5.41, 5.74) is 9.15. The van der Waals surface area contributed by atoms with E-state index >= 15 is 0 Å². The molecule has 1 atom stereocenters. The molecule has 0 aliphatic heterocycles. The number of aromatic amines is 1. The summed E-state index contributed by atoms with van der Waals surface area (Å²) < 4.78 is 0. The predicted molar refractivity (Wildman–Crippen MR) is 69.4 cm³/mol. The maximum atomic E-state index is 12.0. The maximum absolute atomic E-state index is 12.0. The van der Waals surface area contributed by atoms with E-state index in [1.54, 1.807) is 11.3 Å². The summed E-state index contributed by atoms with van der Waals surface area (Å²) >= 11 is 1.59. The fraction of sp³-hybridized carbons (Fsp3) is 0.308. The molecule has 1 aliphatic carbocycles. The molecule has 88 valence electrons. The fourth-order valence-corrected chi connectivity index (χ4v) is 3.13. The Morgan fingerprint density at radius 2 is 2.29 bits per heavy atom. The molecule has 4 heteroatoms. The minimum Gasteiger partial charge on any atom is -0.326 e. The minimum atomic E-state index is -0.301. The second-order valence-corrected chi connectivity index (χ2v) is 5.38. The lowest BCUT2D eigenvalue weighted by Crippen LogP contribution is -2.23. The largest absolute Gasteiger partial charge is 0.326 e. The van der Waals surface area contributed by atoms with Gasteiger partial charge in [-0.15, -0.1) is 11.3 Å². The highest BCUT2D eigenvalue weighted by molar-refractivity contribution is 7.10. The molecule has 0 aromatic carbocycles. The van der Waals surface area contributed by atoms with Gasteiger partial charge in [-0.2, -0.15) is 0 Å². The minimum absolute atomic E-state index is 0.0356. The molecule has 1 aliphatic rings. The number of pyridine rings is 1. The molecule has 3 nitrogen and oxygen atoms in total. The first-order valence-corrected chi connectivity index (χ1v) is 6.67. The Labute approximate surface area is 103 Å². The Kier molecular flexibility index (Phi) is 2.61. The molecule has 1 unspecified atom stereocenters. The smallest absolute Gasteiger partial charge is 0.253 e. The standard InChI is InChI=1S/C13H14N2OS/c14-12(11-5-2-6-17-11)9-7-8-3-1-4-10(8)15-13(9)16/h2,5-7,12H,1,3-4,14H2,(H,15,16). The first-order chi connectivity index (χ1) is 8.25. The van der Waals surface area contributed by atoms with Crippen molar-refractivity contribution < 1.29 is 0 Å². The molecule has 0 amide bonds. The van der Waals surface area contributed by atoms with Gasteiger partial charge >= 0.3 is 0 Å². The molecule has 2 aromatic rings. The molecule has 0 saturated carbocycles. The van der Waals surface area contributed by atoms with Gasteiger partial charge in [0.1, 0.15) is 0 Å². The lowest BCUT2D eigenvalue weighted by molar-refractivity contribution is 0.858. The van der Waals surface area contributed by atoms with Crippen LogP contribution >= 0.6 is 11.3 Å². The van der Waals surface area contributed by atoms with E-state index in [2.05, 4.69) is 4.98 Å². The van der Waals surface area contributed by atoms with Crippen LogP contribution in [0.2, 0.25) is 0 Å². The summed E-state index contributed by atoms with van der Waals surface area (Å²) in [6, 6.07) is 5.62. The third-order valence-electron chi connectivity index (χ3n) is 3.30. The summed E-state index contributed by atoms with van der Waals surface area (Å²) in [5.74, 6) is 0. The van der Waals surface area contributed by atoms with Crippen LogP contribution in [0.5, 0.6) is 0 Å². The van der Waals surface area contributed by atoms with Crippen molar-refractivity contribution in [2.75, 3.05) is 0 Å². The maximum Gasteiger partial charge on any atom is 0.253 e. The molecular formula is C13H14N2OS. The van der Waals surface area contributed by atoms with E-state index in [4.69, 9.17) is 5.73 Å². The van der Waals surface area contributed by atoms with Crippen LogP contribution < -0.4 is 11.3 Å². The van der Waals surface area contributed by atoms with Crippen LogP contribution in [0.3, 0.4) is 0 Å². The number of thiophene rings is 1. The quantitative estimate of drug-likeness (QED) is 0.851. The van der Waals surface area contributed by atoms with Gasteiger partial charge in [0, 0.05) is 16.1 Å². The molecule has 0 fully saturated rings. The monoisotopic (exact) mass is 246 g/mol. The number of rotatable bonds is 2. The fourth-order valence-electron chi connectivity index (χ4n) is 2.38. The van der Waals surface area contributed by atoms with Crippen molar-refractivity contribution in [3.63, 3.8) is 0 Å². The molecule has 3 N–H and O–H groups in total. The first-order valence-electron chi connectivity index (χ1n) is 5.79. The molecular weight excluding hydrogens is 232 g/mol. The second-order valence-electron chi connectivity index (χ2n) is 4.40. The van der Waals surface area contributed by atoms with Crippen LogP contribution in [-0.4, -0.2) is 4.98 Å². The van der Waals surface area contributed by atoms with Gasteiger partial charge < -0.3 is 10.7 Å². The molecule has 0 spiro atoms. The van der Waals surface area contributed by atoms with Gasteiger partial charge in [-0.1, -0.05) is 6.07 Å². The number of hydrogen-bond acceptors (Lipinski definition) is 3. The van der Waals surface area contributed by atoms with Gasteiger partial charge in [-0.3, -0.25) is 4.79 Å². The van der Waals surface area contributed by atoms with Crippen LogP contribution in [0.15, 0.2) is 28.4 Å². The normalized spacial score (nSPS) is 15.8. The van der Waals surface area contributed by atoms with E-state index in [1.807, 2.05) is 23.6 Å². The van der Waals surface area contributed by atoms with Crippen LogP contribution in [0.25, 0.3) is 0 Å². The van der Waals surface area contributed by atoms with E-state index in [0.29, 0.717) is 5.56 Å². The average Bonchev–Trinajstić information content (AvgIpc) is 2.97. The third kappa shape index (κ3) is 1.83. The van der Waals surface area contributed by atoms with Crippen LogP contribution in [0.4, 0.5) is 0 Å². The van der Waals surface area contributed by atoms with Crippen molar-refractivity contribution in [2.45, 2.75) is 25.3 Å². The van der Waals surface area contributed by atoms with Gasteiger partial charge in [0.15, 0.2) is 0 Å².